The minimum atomic E-state index is -0.0705. The second-order valence-corrected chi connectivity index (χ2v) is 3.36. The van der Waals surface area contributed by atoms with Crippen molar-refractivity contribution in [2.24, 2.45) is 5.73 Å². The first-order valence-corrected chi connectivity index (χ1v) is 4.60. The first kappa shape index (κ1) is 9.09. The largest absolute Gasteiger partial charge is 0.504 e. The highest BCUT2D eigenvalue weighted by atomic mass is 16.5. The summed E-state index contributed by atoms with van der Waals surface area (Å²) in [5.74, 6) is 0.668. The van der Waals surface area contributed by atoms with E-state index in [0.717, 1.165) is 17.5 Å². The van der Waals surface area contributed by atoms with Crippen LogP contribution >= 0.6 is 0 Å². The van der Waals surface area contributed by atoms with E-state index in [1.165, 1.54) is 0 Å². The van der Waals surface area contributed by atoms with Crippen molar-refractivity contribution in [1.29, 1.82) is 0 Å². The second kappa shape index (κ2) is 3.35. The molecule has 3 N–H and O–H groups in total. The Bertz CT molecular complexity index is 374. The van der Waals surface area contributed by atoms with Crippen LogP contribution in [-0.4, -0.2) is 11.7 Å². The Morgan fingerprint density at radius 3 is 3.07 bits per heavy atom. The van der Waals surface area contributed by atoms with Gasteiger partial charge in [-0.05, 0) is 11.6 Å². The van der Waals surface area contributed by atoms with Crippen LogP contribution in [0.25, 0.3) is 6.08 Å². The second-order valence-electron chi connectivity index (χ2n) is 3.36. The van der Waals surface area contributed by atoms with E-state index < -0.39 is 0 Å². The van der Waals surface area contributed by atoms with E-state index in [-0.39, 0.29) is 11.8 Å². The van der Waals surface area contributed by atoms with E-state index in [0.29, 0.717) is 12.4 Å². The Labute approximate surface area is 82.8 Å². The van der Waals surface area contributed by atoms with Crippen LogP contribution < -0.4 is 10.5 Å². The predicted octanol–water partition coefficient (Wildman–Crippen LogP) is 1.82. The predicted molar refractivity (Wildman–Crippen MR) is 55.2 cm³/mol. The van der Waals surface area contributed by atoms with Gasteiger partial charge < -0.3 is 15.6 Å². The van der Waals surface area contributed by atoms with Crippen molar-refractivity contribution in [2.45, 2.75) is 12.5 Å². The summed E-state index contributed by atoms with van der Waals surface area (Å²) >= 11 is 0. The van der Waals surface area contributed by atoms with Crippen molar-refractivity contribution in [2.75, 3.05) is 6.61 Å². The summed E-state index contributed by atoms with van der Waals surface area (Å²) in [6.45, 7) is 4.27. The quantitative estimate of drug-likeness (QED) is 0.711. The molecule has 0 amide bonds. The van der Waals surface area contributed by atoms with E-state index >= 15 is 0 Å². The molecule has 0 radical (unpaired) electrons. The zero-order valence-electron chi connectivity index (χ0n) is 7.86. The molecule has 1 aromatic rings. The van der Waals surface area contributed by atoms with Gasteiger partial charge in [-0.15, -0.1) is 0 Å². The monoisotopic (exact) mass is 191 g/mol. The smallest absolute Gasteiger partial charge is 0.166 e. The van der Waals surface area contributed by atoms with Gasteiger partial charge in [0.05, 0.1) is 6.61 Å². The van der Waals surface area contributed by atoms with Crippen molar-refractivity contribution >= 4 is 6.08 Å². The van der Waals surface area contributed by atoms with E-state index in [9.17, 15) is 5.11 Å². The number of phenols is 1. The maximum absolute atomic E-state index is 9.58. The normalized spacial score (nSPS) is 19.6. The standard InChI is InChI=1S/C11H13NO2/c1-2-7-3-4-9(13)11-10(7)8(12)5-6-14-11/h2-4,8,13H,1,5-6,12H2/t8-/m1/s1. The fraction of sp³-hybridized carbons (Fsp3) is 0.273. The summed E-state index contributed by atoms with van der Waals surface area (Å²) in [7, 11) is 0. The van der Waals surface area contributed by atoms with Gasteiger partial charge in [0.2, 0.25) is 0 Å². The van der Waals surface area contributed by atoms with Crippen molar-refractivity contribution in [3.63, 3.8) is 0 Å². The lowest BCUT2D eigenvalue weighted by molar-refractivity contribution is 0.255. The van der Waals surface area contributed by atoms with Crippen LogP contribution in [0.4, 0.5) is 0 Å². The van der Waals surface area contributed by atoms with Crippen LogP contribution in [0.2, 0.25) is 0 Å². The molecule has 2 rings (SSSR count). The van der Waals surface area contributed by atoms with Gasteiger partial charge in [-0.25, -0.2) is 0 Å². The molecule has 0 fully saturated rings. The summed E-state index contributed by atoms with van der Waals surface area (Å²) < 4.78 is 5.39. The van der Waals surface area contributed by atoms with E-state index in [1.54, 1.807) is 18.2 Å². The molecule has 0 aliphatic carbocycles. The summed E-state index contributed by atoms with van der Waals surface area (Å²) in [5, 5.41) is 9.58. The summed E-state index contributed by atoms with van der Waals surface area (Å²) in [5.41, 5.74) is 7.75. The van der Waals surface area contributed by atoms with Crippen LogP contribution in [0.3, 0.4) is 0 Å². The number of rotatable bonds is 1. The lowest BCUT2D eigenvalue weighted by atomic mass is 9.95. The Morgan fingerprint density at radius 1 is 1.57 bits per heavy atom. The third kappa shape index (κ3) is 1.26. The van der Waals surface area contributed by atoms with Crippen LogP contribution in [0, 0.1) is 0 Å². The van der Waals surface area contributed by atoms with E-state index in [2.05, 4.69) is 6.58 Å². The molecular weight excluding hydrogens is 178 g/mol. The first-order valence-electron chi connectivity index (χ1n) is 4.60. The molecule has 14 heavy (non-hydrogen) atoms. The maximum atomic E-state index is 9.58. The van der Waals surface area contributed by atoms with Crippen molar-refractivity contribution < 1.29 is 9.84 Å². The molecule has 0 spiro atoms. The zero-order chi connectivity index (χ0) is 10.1. The van der Waals surface area contributed by atoms with E-state index in [1.807, 2.05) is 0 Å². The van der Waals surface area contributed by atoms with Crippen LogP contribution in [0.15, 0.2) is 18.7 Å². The SMILES string of the molecule is C=Cc1ccc(O)c2c1[C@H](N)CCO2. The third-order valence-electron chi connectivity index (χ3n) is 2.47. The fourth-order valence-electron chi connectivity index (χ4n) is 1.75. The Kier molecular flexibility index (Phi) is 2.17. The lowest BCUT2D eigenvalue weighted by Gasteiger charge is -2.25. The molecule has 1 heterocycles. The van der Waals surface area contributed by atoms with Gasteiger partial charge in [0.15, 0.2) is 11.5 Å². The van der Waals surface area contributed by atoms with Gasteiger partial charge in [-0.2, -0.15) is 0 Å². The summed E-state index contributed by atoms with van der Waals surface area (Å²) in [6.07, 6.45) is 2.50. The molecule has 1 aliphatic heterocycles. The molecule has 1 atom stereocenters. The topological polar surface area (TPSA) is 55.5 Å². The number of phenolic OH excluding ortho intramolecular Hbond substituents is 1. The van der Waals surface area contributed by atoms with Crippen molar-refractivity contribution in [1.82, 2.24) is 0 Å². The van der Waals surface area contributed by atoms with Crippen LogP contribution in [0.5, 0.6) is 11.5 Å². The summed E-state index contributed by atoms with van der Waals surface area (Å²) in [6, 6.07) is 3.34. The van der Waals surface area contributed by atoms with Gasteiger partial charge in [-0.1, -0.05) is 18.7 Å². The average Bonchev–Trinajstić information content (AvgIpc) is 2.20. The molecule has 1 aromatic carbocycles. The number of benzene rings is 1. The molecule has 74 valence electrons. The number of aromatic hydroxyl groups is 1. The van der Waals surface area contributed by atoms with Crippen molar-refractivity contribution in [3.8, 4) is 11.5 Å². The number of hydrogen-bond donors (Lipinski definition) is 2. The minimum absolute atomic E-state index is 0.0705. The number of hydrogen-bond acceptors (Lipinski definition) is 3. The van der Waals surface area contributed by atoms with E-state index in [4.69, 9.17) is 10.5 Å². The van der Waals surface area contributed by atoms with Gasteiger partial charge >= 0.3 is 0 Å². The first-order chi connectivity index (χ1) is 6.74. The zero-order valence-corrected chi connectivity index (χ0v) is 7.86. The van der Waals surface area contributed by atoms with Crippen LogP contribution in [0.1, 0.15) is 23.6 Å². The molecule has 3 heteroatoms. The molecule has 3 nitrogen and oxygen atoms in total. The highest BCUT2D eigenvalue weighted by molar-refractivity contribution is 5.62. The molecule has 0 unspecified atom stereocenters. The Hall–Kier alpha value is -1.48. The molecular formula is C11H13NO2. The highest BCUT2D eigenvalue weighted by Crippen LogP contribution is 2.40. The van der Waals surface area contributed by atoms with Gasteiger partial charge in [0.1, 0.15) is 0 Å². The van der Waals surface area contributed by atoms with Gasteiger partial charge in [-0.3, -0.25) is 0 Å². The lowest BCUT2D eigenvalue weighted by Crippen LogP contribution is -2.21. The summed E-state index contributed by atoms with van der Waals surface area (Å²) in [4.78, 5) is 0. The third-order valence-corrected chi connectivity index (χ3v) is 2.47. The van der Waals surface area contributed by atoms with Crippen molar-refractivity contribution in [3.05, 3.63) is 29.8 Å². The van der Waals surface area contributed by atoms with Gasteiger partial charge in [0.25, 0.3) is 0 Å². The molecule has 1 aliphatic rings. The maximum Gasteiger partial charge on any atom is 0.166 e. The molecule has 0 saturated heterocycles. The van der Waals surface area contributed by atoms with Gasteiger partial charge in [0, 0.05) is 18.0 Å². The van der Waals surface area contributed by atoms with Crippen LogP contribution in [-0.2, 0) is 0 Å². The fourth-order valence-corrected chi connectivity index (χ4v) is 1.75. The number of ether oxygens (including phenoxy) is 1. The number of nitrogens with two attached hydrogens (primary N) is 1. The Balaban J connectivity index is 2.63. The highest BCUT2D eigenvalue weighted by Gasteiger charge is 2.23. The average molecular weight is 191 g/mol. The molecule has 0 saturated carbocycles. The molecule has 0 bridgehead atoms. The number of fused-ring (bicyclic) bond motifs is 1. The minimum Gasteiger partial charge on any atom is -0.504 e. The Morgan fingerprint density at radius 2 is 2.36 bits per heavy atom. The molecule has 0 aromatic heterocycles.